The number of H-pyrrole nitrogens is 1. The molecular formula is C25H21FN4O5. The molecule has 0 radical (unpaired) electrons. The first kappa shape index (κ1) is 23.4. The summed E-state index contributed by atoms with van der Waals surface area (Å²) in [5, 5.41) is 14.7. The van der Waals surface area contributed by atoms with Crippen molar-refractivity contribution in [3.05, 3.63) is 104 Å². The minimum absolute atomic E-state index is 0.0228. The van der Waals surface area contributed by atoms with E-state index in [1.54, 1.807) is 18.2 Å². The summed E-state index contributed by atoms with van der Waals surface area (Å²) < 4.78 is 15.0. The molecule has 4 N–H and O–H groups in total. The number of aryl methyl sites for hydroxylation is 1. The first-order valence-corrected chi connectivity index (χ1v) is 10.6. The number of hydrogen-bond donors (Lipinski definition) is 4. The summed E-state index contributed by atoms with van der Waals surface area (Å²) in [7, 11) is 1.51. The van der Waals surface area contributed by atoms with Crippen molar-refractivity contribution in [3.63, 3.8) is 0 Å². The summed E-state index contributed by atoms with van der Waals surface area (Å²) in [5.74, 6) is -2.51. The number of carboxylic acids is 1. The molecule has 0 aliphatic carbocycles. The molecule has 35 heavy (non-hydrogen) atoms. The predicted molar refractivity (Wildman–Crippen MR) is 129 cm³/mol. The van der Waals surface area contributed by atoms with Gasteiger partial charge in [-0.05, 0) is 48.9 Å². The Morgan fingerprint density at radius 3 is 2.40 bits per heavy atom. The number of benzene rings is 3. The van der Waals surface area contributed by atoms with E-state index < -0.39 is 35.0 Å². The van der Waals surface area contributed by atoms with Gasteiger partial charge < -0.3 is 20.7 Å². The lowest BCUT2D eigenvalue weighted by atomic mass is 10.0. The lowest BCUT2D eigenvalue weighted by Crippen LogP contribution is -2.34. The maximum absolute atomic E-state index is 14.2. The van der Waals surface area contributed by atoms with Crippen molar-refractivity contribution < 1.29 is 19.1 Å². The fraction of sp³-hybridized carbons (Fsp3) is 0.120. The molecule has 0 aliphatic rings. The number of aromatic nitrogens is 2. The molecule has 0 saturated heterocycles. The number of halogens is 1. The lowest BCUT2D eigenvalue weighted by Gasteiger charge is -2.16. The number of hydrogen-bond acceptors (Lipinski definition) is 5. The Bertz CT molecular complexity index is 1570. The molecule has 0 fully saturated rings. The highest BCUT2D eigenvalue weighted by Gasteiger charge is 2.23. The zero-order valence-corrected chi connectivity index (χ0v) is 18.8. The van der Waals surface area contributed by atoms with Gasteiger partial charge in [0.05, 0.1) is 22.3 Å². The summed E-state index contributed by atoms with van der Waals surface area (Å²) in [4.78, 5) is 52.6. The quantitative estimate of drug-likeness (QED) is 0.338. The van der Waals surface area contributed by atoms with Gasteiger partial charge in [0.1, 0.15) is 5.82 Å². The molecule has 9 nitrogen and oxygen atoms in total. The molecule has 1 unspecified atom stereocenters. The van der Waals surface area contributed by atoms with Gasteiger partial charge in [-0.1, -0.05) is 29.8 Å². The Hall–Kier alpha value is -4.73. The number of fused-ring (bicyclic) bond motifs is 1. The van der Waals surface area contributed by atoms with Gasteiger partial charge in [-0.2, -0.15) is 0 Å². The SMILES string of the molecule is CNc1cc2[nH]c(=O)n(-c3ccc(C(=O)NC(C(=O)O)c4cccc(C)c4)cc3)c(=O)c2cc1F. The molecule has 0 spiro atoms. The average molecular weight is 476 g/mol. The number of aromatic amines is 1. The van der Waals surface area contributed by atoms with Crippen molar-refractivity contribution in [1.29, 1.82) is 0 Å². The number of carboxylic acid groups (broad SMARTS) is 1. The monoisotopic (exact) mass is 476 g/mol. The largest absolute Gasteiger partial charge is 0.479 e. The molecule has 0 saturated carbocycles. The zero-order valence-electron chi connectivity index (χ0n) is 18.8. The van der Waals surface area contributed by atoms with Crippen LogP contribution in [0.4, 0.5) is 10.1 Å². The summed E-state index contributed by atoms with van der Waals surface area (Å²) in [6.45, 7) is 1.81. The fourth-order valence-electron chi connectivity index (χ4n) is 3.78. The van der Waals surface area contributed by atoms with E-state index in [-0.39, 0.29) is 27.8 Å². The molecule has 3 aromatic carbocycles. The maximum atomic E-state index is 14.2. The number of rotatable bonds is 6. The summed E-state index contributed by atoms with van der Waals surface area (Å²) >= 11 is 0. The van der Waals surface area contributed by atoms with Crippen molar-refractivity contribution in [3.8, 4) is 5.69 Å². The van der Waals surface area contributed by atoms with Crippen molar-refractivity contribution in [2.24, 2.45) is 0 Å². The molecule has 1 atom stereocenters. The Morgan fingerprint density at radius 2 is 1.77 bits per heavy atom. The van der Waals surface area contributed by atoms with Crippen LogP contribution in [0.5, 0.6) is 0 Å². The number of nitrogens with one attached hydrogen (secondary N) is 3. The van der Waals surface area contributed by atoms with Crippen LogP contribution < -0.4 is 21.9 Å². The number of anilines is 1. The van der Waals surface area contributed by atoms with Crippen LogP contribution in [0.15, 0.2) is 70.3 Å². The highest BCUT2D eigenvalue weighted by molar-refractivity contribution is 5.97. The Morgan fingerprint density at radius 1 is 1.06 bits per heavy atom. The summed E-state index contributed by atoms with van der Waals surface area (Å²) in [6, 6.07) is 13.4. The lowest BCUT2D eigenvalue weighted by molar-refractivity contribution is -0.139. The van der Waals surface area contributed by atoms with E-state index in [0.29, 0.717) is 5.56 Å². The molecule has 0 aliphatic heterocycles. The van der Waals surface area contributed by atoms with Crippen LogP contribution in [-0.4, -0.2) is 33.6 Å². The number of amides is 1. The van der Waals surface area contributed by atoms with Crippen LogP contribution in [0.1, 0.15) is 27.5 Å². The predicted octanol–water partition coefficient (Wildman–Crippen LogP) is 2.72. The second kappa shape index (κ2) is 9.26. The van der Waals surface area contributed by atoms with E-state index in [4.69, 9.17) is 0 Å². The molecule has 1 amide bonds. The Kier molecular flexibility index (Phi) is 6.20. The smallest absolute Gasteiger partial charge is 0.333 e. The number of nitrogens with zero attached hydrogens (tertiary/aromatic N) is 1. The summed E-state index contributed by atoms with van der Waals surface area (Å²) in [5.41, 5.74) is 0.390. The second-order valence-electron chi connectivity index (χ2n) is 7.90. The third-order valence-electron chi connectivity index (χ3n) is 5.54. The first-order valence-electron chi connectivity index (χ1n) is 10.6. The van der Waals surface area contributed by atoms with E-state index in [2.05, 4.69) is 15.6 Å². The normalized spacial score (nSPS) is 11.7. The van der Waals surface area contributed by atoms with Gasteiger partial charge in [-0.3, -0.25) is 9.59 Å². The third-order valence-corrected chi connectivity index (χ3v) is 5.54. The van der Waals surface area contributed by atoms with Crippen LogP contribution in [0.25, 0.3) is 16.6 Å². The van der Waals surface area contributed by atoms with E-state index in [1.165, 1.54) is 37.4 Å². The van der Waals surface area contributed by atoms with Gasteiger partial charge in [0.2, 0.25) is 0 Å². The zero-order chi connectivity index (χ0) is 25.3. The van der Waals surface area contributed by atoms with Gasteiger partial charge in [0.15, 0.2) is 6.04 Å². The van der Waals surface area contributed by atoms with E-state index in [0.717, 1.165) is 16.2 Å². The minimum atomic E-state index is -1.26. The number of aliphatic carboxylic acids is 1. The second-order valence-corrected chi connectivity index (χ2v) is 7.90. The highest BCUT2D eigenvalue weighted by Crippen LogP contribution is 2.19. The van der Waals surface area contributed by atoms with Crippen LogP contribution in [0.3, 0.4) is 0 Å². The van der Waals surface area contributed by atoms with Crippen LogP contribution >= 0.6 is 0 Å². The van der Waals surface area contributed by atoms with E-state index in [1.807, 2.05) is 13.0 Å². The first-order chi connectivity index (χ1) is 16.7. The van der Waals surface area contributed by atoms with Gasteiger partial charge in [-0.15, -0.1) is 0 Å². The average Bonchev–Trinajstić information content (AvgIpc) is 2.83. The maximum Gasteiger partial charge on any atom is 0.333 e. The molecule has 0 bridgehead atoms. The standard InChI is InChI=1S/C25H21FN4O5/c1-13-4-3-5-15(10-13)21(24(33)34)29-22(31)14-6-8-16(9-7-14)30-23(32)17-11-18(26)20(27-2)12-19(17)28-25(30)35/h3-12,21,27H,1-2H3,(H,28,35)(H,29,31)(H,33,34). The number of carbonyl (C=O) groups excluding carboxylic acids is 1. The van der Waals surface area contributed by atoms with Gasteiger partial charge in [-0.25, -0.2) is 18.5 Å². The minimum Gasteiger partial charge on any atom is -0.479 e. The molecule has 10 heteroatoms. The van der Waals surface area contributed by atoms with E-state index in [9.17, 15) is 28.7 Å². The van der Waals surface area contributed by atoms with Crippen molar-refractivity contribution in [1.82, 2.24) is 14.9 Å². The number of carbonyl (C=O) groups is 2. The molecule has 1 aromatic heterocycles. The van der Waals surface area contributed by atoms with Crippen LogP contribution in [0, 0.1) is 12.7 Å². The fourth-order valence-corrected chi connectivity index (χ4v) is 3.78. The van der Waals surface area contributed by atoms with Crippen molar-refractivity contribution in [2.75, 3.05) is 12.4 Å². The van der Waals surface area contributed by atoms with Gasteiger partial charge >= 0.3 is 11.7 Å². The summed E-state index contributed by atoms with van der Waals surface area (Å²) in [6.07, 6.45) is 0. The molecular weight excluding hydrogens is 455 g/mol. The Labute approximate surface area is 197 Å². The molecule has 178 valence electrons. The van der Waals surface area contributed by atoms with Crippen LogP contribution in [0.2, 0.25) is 0 Å². The van der Waals surface area contributed by atoms with Crippen molar-refractivity contribution in [2.45, 2.75) is 13.0 Å². The molecule has 4 rings (SSSR count). The van der Waals surface area contributed by atoms with Crippen molar-refractivity contribution >= 4 is 28.5 Å². The molecule has 1 heterocycles. The van der Waals surface area contributed by atoms with E-state index >= 15 is 0 Å². The van der Waals surface area contributed by atoms with Gasteiger partial charge in [0.25, 0.3) is 11.5 Å². The third kappa shape index (κ3) is 4.54. The topological polar surface area (TPSA) is 133 Å². The van der Waals surface area contributed by atoms with Crippen LogP contribution in [-0.2, 0) is 4.79 Å². The van der Waals surface area contributed by atoms with Gasteiger partial charge in [0, 0.05) is 12.6 Å². The Balaban J connectivity index is 1.66. The molecule has 4 aromatic rings. The highest BCUT2D eigenvalue weighted by atomic mass is 19.1.